The van der Waals surface area contributed by atoms with Crippen LogP contribution in [0.2, 0.25) is 0 Å². The predicted octanol–water partition coefficient (Wildman–Crippen LogP) is 2.63. The Morgan fingerprint density at radius 1 is 1.27 bits per heavy atom. The topological polar surface area (TPSA) is 80.3 Å². The average molecular weight is 319 g/mol. The van der Waals surface area contributed by atoms with Crippen LogP contribution < -0.4 is 10.9 Å². The molecule has 0 aliphatic carbocycles. The molecule has 0 bridgehead atoms. The molecule has 2 aromatic rings. The monoisotopic (exact) mass is 319 g/mol. The molecule has 1 unspecified atom stereocenters. The maximum Gasteiger partial charge on any atom is 0.426 e. The van der Waals surface area contributed by atoms with E-state index in [4.69, 9.17) is 4.74 Å². The quantitative estimate of drug-likeness (QED) is 0.849. The summed E-state index contributed by atoms with van der Waals surface area (Å²) in [5.74, 6) is -0.402. The zero-order chi connectivity index (χ0) is 15.9. The summed E-state index contributed by atoms with van der Waals surface area (Å²) in [5, 5.41) is 2.40. The fourth-order valence-corrected chi connectivity index (χ4v) is 2.35. The van der Waals surface area contributed by atoms with Crippen molar-refractivity contribution >= 4 is 23.3 Å². The molecule has 22 heavy (non-hydrogen) atoms. The first-order chi connectivity index (χ1) is 10.6. The minimum Gasteiger partial charge on any atom is -0.448 e. The van der Waals surface area contributed by atoms with Crippen LogP contribution in [0.1, 0.15) is 33.9 Å². The highest BCUT2D eigenvalue weighted by molar-refractivity contribution is 7.09. The fourth-order valence-electron chi connectivity index (χ4n) is 1.75. The minimum absolute atomic E-state index is 0.0730. The van der Waals surface area contributed by atoms with Gasteiger partial charge in [0.15, 0.2) is 0 Å². The number of amides is 2. The number of thiazole rings is 1. The lowest BCUT2D eigenvalue weighted by atomic mass is 10.0. The number of rotatable bonds is 4. The first-order valence-electron chi connectivity index (χ1n) is 6.76. The van der Waals surface area contributed by atoms with Gasteiger partial charge in [0, 0.05) is 11.3 Å². The van der Waals surface area contributed by atoms with Crippen molar-refractivity contribution in [2.24, 2.45) is 0 Å². The average Bonchev–Trinajstić information content (AvgIpc) is 2.97. The van der Waals surface area contributed by atoms with E-state index in [2.05, 4.69) is 15.8 Å². The van der Waals surface area contributed by atoms with E-state index in [1.54, 1.807) is 12.3 Å². The Bertz CT molecular complexity index is 642. The number of nitrogens with zero attached hydrogens (tertiary/aromatic N) is 1. The molecule has 0 radical (unpaired) electrons. The van der Waals surface area contributed by atoms with Gasteiger partial charge in [-0.3, -0.25) is 10.2 Å². The molecule has 7 heteroatoms. The van der Waals surface area contributed by atoms with E-state index >= 15 is 0 Å². The van der Waals surface area contributed by atoms with Gasteiger partial charge in [0.1, 0.15) is 5.69 Å². The summed E-state index contributed by atoms with van der Waals surface area (Å²) in [5.41, 5.74) is 5.80. The van der Waals surface area contributed by atoms with Crippen LogP contribution in [0.15, 0.2) is 35.7 Å². The number of hydrazine groups is 1. The van der Waals surface area contributed by atoms with Crippen LogP contribution >= 0.6 is 11.3 Å². The van der Waals surface area contributed by atoms with Crippen molar-refractivity contribution in [1.82, 2.24) is 15.8 Å². The maximum absolute atomic E-state index is 11.7. The van der Waals surface area contributed by atoms with Crippen molar-refractivity contribution in [2.45, 2.75) is 19.8 Å². The van der Waals surface area contributed by atoms with Crippen molar-refractivity contribution in [1.29, 1.82) is 0 Å². The van der Waals surface area contributed by atoms with Gasteiger partial charge in [-0.25, -0.2) is 15.2 Å². The molecule has 0 aliphatic rings. The second-order valence-electron chi connectivity index (χ2n) is 4.74. The van der Waals surface area contributed by atoms with Gasteiger partial charge in [-0.15, -0.1) is 11.3 Å². The fraction of sp³-hybridized carbons (Fsp3) is 0.267. The second kappa shape index (κ2) is 7.56. The summed E-state index contributed by atoms with van der Waals surface area (Å²) >= 11 is 1.36. The number of ether oxygens (including phenoxy) is 1. The molecule has 0 spiro atoms. The second-order valence-corrected chi connectivity index (χ2v) is 5.80. The Labute approximate surface area is 132 Å². The molecule has 1 atom stereocenters. The maximum atomic E-state index is 11.7. The van der Waals surface area contributed by atoms with Gasteiger partial charge in [0.05, 0.1) is 11.6 Å². The number of nitrogens with one attached hydrogen (secondary N) is 2. The van der Waals surface area contributed by atoms with Gasteiger partial charge in [0.2, 0.25) is 0 Å². The zero-order valence-electron chi connectivity index (χ0n) is 12.3. The number of benzene rings is 1. The van der Waals surface area contributed by atoms with Crippen LogP contribution in [0, 0.1) is 6.92 Å². The molecule has 0 saturated carbocycles. The van der Waals surface area contributed by atoms with Crippen LogP contribution in [0.5, 0.6) is 0 Å². The molecular weight excluding hydrogens is 302 g/mol. The molecule has 6 nitrogen and oxygen atoms in total. The number of carbonyl (C=O) groups excluding carboxylic acids is 2. The summed E-state index contributed by atoms with van der Waals surface area (Å²) in [4.78, 5) is 27.3. The third-order valence-corrected chi connectivity index (χ3v) is 3.74. The van der Waals surface area contributed by atoms with Gasteiger partial charge < -0.3 is 4.74 Å². The number of hydrogen-bond donors (Lipinski definition) is 2. The number of aromatic nitrogens is 1. The lowest BCUT2D eigenvalue weighted by molar-refractivity contribution is 0.0902. The largest absolute Gasteiger partial charge is 0.448 e. The number of carbonyl (C=O) groups is 2. The molecular formula is C15H17N3O3S. The molecule has 0 aliphatic heterocycles. The van der Waals surface area contributed by atoms with E-state index in [1.165, 1.54) is 11.3 Å². The van der Waals surface area contributed by atoms with Crippen molar-refractivity contribution < 1.29 is 14.3 Å². The highest BCUT2D eigenvalue weighted by Crippen LogP contribution is 2.14. The first-order valence-corrected chi connectivity index (χ1v) is 7.64. The van der Waals surface area contributed by atoms with Crippen molar-refractivity contribution in [2.75, 3.05) is 6.61 Å². The lowest BCUT2D eigenvalue weighted by Crippen LogP contribution is -2.42. The molecule has 0 saturated heterocycles. The van der Waals surface area contributed by atoms with Gasteiger partial charge in [-0.2, -0.15) is 0 Å². The van der Waals surface area contributed by atoms with E-state index in [0.717, 1.165) is 10.6 Å². The standard InChI is InChI=1S/C15H17N3O3S/c1-10(12-6-4-3-5-7-12)8-21-15(20)18-17-14(19)13-9-22-11(2)16-13/h3-7,9-10H,8H2,1-2H3,(H,17,19)(H,18,20). The first kappa shape index (κ1) is 16.0. The molecule has 1 aromatic carbocycles. The van der Waals surface area contributed by atoms with Gasteiger partial charge >= 0.3 is 6.09 Å². The van der Waals surface area contributed by atoms with Crippen LogP contribution in [-0.4, -0.2) is 23.6 Å². The van der Waals surface area contributed by atoms with Crippen LogP contribution in [0.25, 0.3) is 0 Å². The van der Waals surface area contributed by atoms with Gasteiger partial charge in [-0.1, -0.05) is 37.3 Å². The Balaban J connectivity index is 1.73. The van der Waals surface area contributed by atoms with Crippen molar-refractivity contribution in [3.8, 4) is 0 Å². The van der Waals surface area contributed by atoms with Gasteiger partial charge in [-0.05, 0) is 12.5 Å². The molecule has 116 valence electrons. The summed E-state index contributed by atoms with van der Waals surface area (Å²) in [6.07, 6.45) is -0.705. The van der Waals surface area contributed by atoms with E-state index in [0.29, 0.717) is 0 Å². The van der Waals surface area contributed by atoms with Crippen molar-refractivity contribution in [3.05, 3.63) is 52.0 Å². The normalized spacial score (nSPS) is 11.5. The van der Waals surface area contributed by atoms with Crippen molar-refractivity contribution in [3.63, 3.8) is 0 Å². The van der Waals surface area contributed by atoms with Crippen LogP contribution in [0.3, 0.4) is 0 Å². The molecule has 1 aromatic heterocycles. The highest BCUT2D eigenvalue weighted by Gasteiger charge is 2.12. The molecule has 0 fully saturated rings. The van der Waals surface area contributed by atoms with E-state index < -0.39 is 12.0 Å². The van der Waals surface area contributed by atoms with Crippen LogP contribution in [0.4, 0.5) is 4.79 Å². The van der Waals surface area contributed by atoms with E-state index in [-0.39, 0.29) is 18.2 Å². The lowest BCUT2D eigenvalue weighted by Gasteiger charge is -2.13. The summed E-state index contributed by atoms with van der Waals surface area (Å²) in [7, 11) is 0. The Hall–Kier alpha value is -2.41. The predicted molar refractivity (Wildman–Crippen MR) is 83.7 cm³/mol. The summed E-state index contributed by atoms with van der Waals surface area (Å²) < 4.78 is 5.07. The molecule has 2 N–H and O–H groups in total. The SMILES string of the molecule is Cc1nc(C(=O)NNC(=O)OCC(C)c2ccccc2)cs1. The number of aryl methyl sites for hydroxylation is 1. The number of hydrogen-bond acceptors (Lipinski definition) is 5. The summed E-state index contributed by atoms with van der Waals surface area (Å²) in [6.45, 7) is 3.98. The third kappa shape index (κ3) is 4.56. The summed E-state index contributed by atoms with van der Waals surface area (Å²) in [6, 6.07) is 9.74. The van der Waals surface area contributed by atoms with Gasteiger partial charge in [0.25, 0.3) is 5.91 Å². The van der Waals surface area contributed by atoms with E-state index in [9.17, 15) is 9.59 Å². The molecule has 2 rings (SSSR count). The zero-order valence-corrected chi connectivity index (χ0v) is 13.1. The van der Waals surface area contributed by atoms with E-state index in [1.807, 2.05) is 37.3 Å². The Morgan fingerprint density at radius 2 is 2.00 bits per heavy atom. The molecule has 1 heterocycles. The minimum atomic E-state index is -0.705. The smallest absolute Gasteiger partial charge is 0.426 e. The Morgan fingerprint density at radius 3 is 2.64 bits per heavy atom. The highest BCUT2D eigenvalue weighted by atomic mass is 32.1. The molecule has 2 amide bonds. The third-order valence-electron chi connectivity index (χ3n) is 2.96. The Kier molecular flexibility index (Phi) is 5.48. The van der Waals surface area contributed by atoms with Crippen LogP contribution in [-0.2, 0) is 4.74 Å².